The van der Waals surface area contributed by atoms with Crippen LogP contribution in [0.3, 0.4) is 0 Å². The zero-order chi connectivity index (χ0) is 23.2. The summed E-state index contributed by atoms with van der Waals surface area (Å²) in [5.74, 6) is 0.953. The number of hydroxylamine groups is 2. The molecule has 3 aromatic carbocycles. The highest BCUT2D eigenvalue weighted by molar-refractivity contribution is 5.64. The zero-order valence-electron chi connectivity index (χ0n) is 17.9. The van der Waals surface area contributed by atoms with Crippen molar-refractivity contribution in [2.75, 3.05) is 20.8 Å². The molecule has 9 heteroatoms. The van der Waals surface area contributed by atoms with Crippen molar-refractivity contribution in [1.29, 1.82) is 0 Å². The van der Waals surface area contributed by atoms with E-state index in [1.165, 1.54) is 20.3 Å². The third-order valence-corrected chi connectivity index (χ3v) is 5.76. The molecular weight excluding hydrogens is 436 g/mol. The molecule has 2 aliphatic rings. The molecule has 0 aromatic heterocycles. The minimum absolute atomic E-state index is 0.0404. The molecule has 0 saturated carbocycles. The molecule has 0 fully saturated rings. The molecule has 0 aliphatic carbocycles. The lowest BCUT2D eigenvalue weighted by Crippen LogP contribution is -2.45. The van der Waals surface area contributed by atoms with Gasteiger partial charge in [0.25, 0.3) is 0 Å². The van der Waals surface area contributed by atoms with Crippen LogP contribution in [0.4, 0.5) is 14.5 Å². The first-order valence-corrected chi connectivity index (χ1v) is 10.3. The third-order valence-electron chi connectivity index (χ3n) is 5.76. The van der Waals surface area contributed by atoms with Gasteiger partial charge in [0.05, 0.1) is 14.2 Å². The molecule has 2 aliphatic heterocycles. The summed E-state index contributed by atoms with van der Waals surface area (Å²) in [7, 11) is 2.95. The number of halogens is 2. The first kappa shape index (κ1) is 21.3. The highest BCUT2D eigenvalue weighted by Crippen LogP contribution is 2.49. The summed E-state index contributed by atoms with van der Waals surface area (Å²) in [4.78, 5) is 0. The van der Waals surface area contributed by atoms with Gasteiger partial charge in [0.15, 0.2) is 29.0 Å². The minimum Gasteiger partial charge on any atom is -0.627 e. The van der Waals surface area contributed by atoms with Crippen molar-refractivity contribution in [1.82, 2.24) is 4.65 Å². The fraction of sp³-hybridized carbons (Fsp3) is 0.250. The van der Waals surface area contributed by atoms with Crippen molar-refractivity contribution in [3.05, 3.63) is 77.0 Å². The number of ether oxygens (including phenoxy) is 5. The van der Waals surface area contributed by atoms with E-state index in [-0.39, 0.29) is 24.6 Å². The summed E-state index contributed by atoms with van der Waals surface area (Å²) < 4.78 is 53.3. The largest absolute Gasteiger partial charge is 0.627 e. The van der Waals surface area contributed by atoms with E-state index in [1.807, 2.05) is 6.07 Å². The van der Waals surface area contributed by atoms with Gasteiger partial charge < -0.3 is 33.5 Å². The van der Waals surface area contributed by atoms with Gasteiger partial charge in [-0.25, -0.2) is 0 Å². The molecule has 2 unspecified atom stereocenters. The molecule has 0 saturated heterocycles. The predicted octanol–water partition coefficient (Wildman–Crippen LogP) is 5.16. The Morgan fingerprint density at radius 2 is 1.70 bits per heavy atom. The van der Waals surface area contributed by atoms with Crippen LogP contribution in [0.1, 0.15) is 17.2 Å². The van der Waals surface area contributed by atoms with E-state index >= 15 is 0 Å². The quantitative estimate of drug-likeness (QED) is 0.398. The number of methoxy groups -OCH3 is 2. The van der Waals surface area contributed by atoms with Crippen molar-refractivity contribution < 1.29 is 32.5 Å². The summed E-state index contributed by atoms with van der Waals surface area (Å²) in [6, 6.07) is 16.8. The second kappa shape index (κ2) is 7.79. The molecule has 172 valence electrons. The number of rotatable bonds is 4. The van der Waals surface area contributed by atoms with Crippen LogP contribution in [0.5, 0.6) is 28.7 Å². The fourth-order valence-corrected chi connectivity index (χ4v) is 4.33. The van der Waals surface area contributed by atoms with Gasteiger partial charge in [-0.2, -0.15) is 0 Å². The van der Waals surface area contributed by atoms with Gasteiger partial charge in [0.2, 0.25) is 5.75 Å². The van der Waals surface area contributed by atoms with Gasteiger partial charge in [-0.1, -0.05) is 30.3 Å². The SMILES string of the molecule is COc1cccc([N+]2([O-])Cc3ccccc3OC(c3cccc4c3OC(F)(F)O4)C2)c1OC. The molecule has 3 aromatic rings. The average molecular weight is 457 g/mol. The summed E-state index contributed by atoms with van der Waals surface area (Å²) >= 11 is 0. The number of benzene rings is 3. The lowest BCUT2D eigenvalue weighted by molar-refractivity contribution is -0.287. The number of quaternary nitrogens is 1. The van der Waals surface area contributed by atoms with Gasteiger partial charge in [-0.15, -0.1) is 8.78 Å². The second-order valence-electron chi connectivity index (χ2n) is 7.80. The Labute approximate surface area is 188 Å². The Bertz CT molecular complexity index is 1200. The van der Waals surface area contributed by atoms with E-state index in [9.17, 15) is 14.0 Å². The first-order valence-electron chi connectivity index (χ1n) is 10.3. The van der Waals surface area contributed by atoms with Crippen LogP contribution in [0.25, 0.3) is 0 Å². The third kappa shape index (κ3) is 3.69. The number of alkyl halides is 2. The number of nitrogens with zero attached hydrogens (tertiary/aromatic N) is 1. The van der Waals surface area contributed by atoms with Gasteiger partial charge in [-0.05, 0) is 24.3 Å². The molecule has 2 atom stereocenters. The van der Waals surface area contributed by atoms with Crippen LogP contribution in [-0.2, 0) is 6.54 Å². The summed E-state index contributed by atoms with van der Waals surface area (Å²) in [6.45, 7) is -0.0949. The Morgan fingerprint density at radius 1 is 0.939 bits per heavy atom. The van der Waals surface area contributed by atoms with Crippen molar-refractivity contribution in [3.8, 4) is 28.7 Å². The van der Waals surface area contributed by atoms with Crippen molar-refractivity contribution >= 4 is 5.69 Å². The van der Waals surface area contributed by atoms with E-state index in [2.05, 4.69) is 4.74 Å². The summed E-state index contributed by atoms with van der Waals surface area (Å²) in [5.41, 5.74) is 1.30. The minimum atomic E-state index is -3.79. The second-order valence-corrected chi connectivity index (χ2v) is 7.80. The topological polar surface area (TPSA) is 69.2 Å². The smallest absolute Gasteiger partial charge is 0.586 e. The monoisotopic (exact) mass is 457 g/mol. The maximum Gasteiger partial charge on any atom is 0.586 e. The maximum atomic E-state index is 14.5. The van der Waals surface area contributed by atoms with E-state index in [0.29, 0.717) is 34.1 Å². The van der Waals surface area contributed by atoms with Crippen LogP contribution in [0.15, 0.2) is 60.7 Å². The van der Waals surface area contributed by atoms with Crippen molar-refractivity contribution in [2.45, 2.75) is 18.9 Å². The highest BCUT2D eigenvalue weighted by Gasteiger charge is 2.46. The average Bonchev–Trinajstić information content (AvgIpc) is 3.03. The van der Waals surface area contributed by atoms with Crippen LogP contribution in [0, 0.1) is 5.21 Å². The molecule has 33 heavy (non-hydrogen) atoms. The number of hydrogen-bond acceptors (Lipinski definition) is 6. The van der Waals surface area contributed by atoms with Crippen LogP contribution >= 0.6 is 0 Å². The Morgan fingerprint density at radius 3 is 2.48 bits per heavy atom. The number of para-hydroxylation sites is 3. The van der Waals surface area contributed by atoms with E-state index in [0.717, 1.165) is 0 Å². The van der Waals surface area contributed by atoms with Crippen molar-refractivity contribution in [2.24, 2.45) is 0 Å². The molecule has 7 nitrogen and oxygen atoms in total. The fourth-order valence-electron chi connectivity index (χ4n) is 4.33. The number of fused-ring (bicyclic) bond motifs is 2. The maximum absolute atomic E-state index is 14.5. The van der Waals surface area contributed by atoms with Gasteiger partial charge in [0.1, 0.15) is 18.8 Å². The summed E-state index contributed by atoms with van der Waals surface area (Å²) in [5, 5.41) is 14.5. The highest BCUT2D eigenvalue weighted by atomic mass is 19.3. The van der Waals surface area contributed by atoms with Crippen molar-refractivity contribution in [3.63, 3.8) is 0 Å². The van der Waals surface area contributed by atoms with Gasteiger partial charge in [-0.3, -0.25) is 0 Å². The van der Waals surface area contributed by atoms with Crippen LogP contribution < -0.4 is 28.3 Å². The van der Waals surface area contributed by atoms with E-state index in [4.69, 9.17) is 18.9 Å². The molecule has 0 N–H and O–H groups in total. The Balaban J connectivity index is 1.65. The number of hydrogen-bond donors (Lipinski definition) is 0. The molecular formula is C24H21F2NO6. The molecule has 5 rings (SSSR count). The first-order chi connectivity index (χ1) is 15.8. The van der Waals surface area contributed by atoms with E-state index in [1.54, 1.807) is 48.5 Å². The Hall–Kier alpha value is -3.56. The Kier molecular flexibility index (Phi) is 5.02. The lowest BCUT2D eigenvalue weighted by atomic mass is 10.1. The lowest BCUT2D eigenvalue weighted by Gasteiger charge is -2.42. The zero-order valence-corrected chi connectivity index (χ0v) is 17.9. The van der Waals surface area contributed by atoms with Crippen LogP contribution in [-0.4, -0.2) is 27.1 Å². The molecule has 2 heterocycles. The molecule has 0 spiro atoms. The summed E-state index contributed by atoms with van der Waals surface area (Å²) in [6.07, 6.45) is -4.70. The van der Waals surface area contributed by atoms with E-state index < -0.39 is 17.0 Å². The van der Waals surface area contributed by atoms with Gasteiger partial charge in [0, 0.05) is 17.2 Å². The predicted molar refractivity (Wildman–Crippen MR) is 116 cm³/mol. The molecule has 0 radical (unpaired) electrons. The molecule has 0 bridgehead atoms. The normalized spacial score (nSPS) is 22.6. The van der Waals surface area contributed by atoms with Gasteiger partial charge >= 0.3 is 6.29 Å². The standard InChI is InChI=1S/C24H21F2NO6/c1-29-19-11-6-9-17(23(19)30-2)27(28)13-15-7-3-4-10-18(15)31-21(14-27)16-8-5-12-20-22(16)33-24(25,26)32-20/h3-12,21H,13-14H2,1-2H3. The van der Waals surface area contributed by atoms with Crippen LogP contribution in [0.2, 0.25) is 0 Å². The molecule has 0 amide bonds.